The molecular weight excluding hydrogens is 521 g/mol. The zero-order valence-electron chi connectivity index (χ0n) is 23.3. The van der Waals surface area contributed by atoms with E-state index in [0.717, 1.165) is 86.3 Å². The van der Waals surface area contributed by atoms with Crippen LogP contribution in [0.1, 0.15) is 18.5 Å². The average molecular weight is 563 g/mol. The predicted octanol–water partition coefficient (Wildman–Crippen LogP) is 5.39. The molecule has 2 aliphatic rings. The van der Waals surface area contributed by atoms with Gasteiger partial charge in [-0.2, -0.15) is 0 Å². The number of nitrogens with zero attached hydrogens (tertiary/aromatic N) is 6. The van der Waals surface area contributed by atoms with Crippen LogP contribution in [0.4, 0.5) is 11.4 Å². The third-order valence-corrected chi connectivity index (χ3v) is 9.45. The Morgan fingerprint density at radius 2 is 1.10 bits per heavy atom. The second kappa shape index (κ2) is 14.9. The van der Waals surface area contributed by atoms with E-state index in [1.165, 1.54) is 30.8 Å². The standard InChI is InChI=1S/C31H42N6S2/c1-27-26-30(38-24-8-14-34-16-20-36(21-17-34)28-10-4-2-5-11-28)33-31(32-27)39-25-9-15-35-18-22-37(23-19-35)29-12-6-3-7-13-29/h2-7,10-13,26H,8-9,14-25H2,1H3. The molecule has 0 bridgehead atoms. The fraction of sp³-hybridized carbons (Fsp3) is 0.484. The molecule has 0 unspecified atom stereocenters. The first-order chi connectivity index (χ1) is 19.2. The molecule has 0 atom stereocenters. The minimum absolute atomic E-state index is 0.934. The van der Waals surface area contributed by atoms with E-state index in [1.54, 1.807) is 0 Å². The number of thioether (sulfide) groups is 2. The van der Waals surface area contributed by atoms with Crippen LogP contribution < -0.4 is 9.80 Å². The van der Waals surface area contributed by atoms with Gasteiger partial charge >= 0.3 is 0 Å². The lowest BCUT2D eigenvalue weighted by atomic mass is 10.2. The summed E-state index contributed by atoms with van der Waals surface area (Å²) in [4.78, 5) is 19.8. The Morgan fingerprint density at radius 1 is 0.615 bits per heavy atom. The number of hydrogen-bond acceptors (Lipinski definition) is 8. The Labute approximate surface area is 243 Å². The Bertz CT molecular complexity index is 1030. The number of hydrogen-bond donors (Lipinski definition) is 0. The lowest BCUT2D eigenvalue weighted by Gasteiger charge is -2.36. The molecule has 2 aliphatic heterocycles. The Hall–Kier alpha value is -2.26. The molecule has 208 valence electrons. The van der Waals surface area contributed by atoms with Crippen molar-refractivity contribution in [2.75, 3.05) is 86.8 Å². The predicted molar refractivity (Wildman–Crippen MR) is 168 cm³/mol. The number of aromatic nitrogens is 2. The van der Waals surface area contributed by atoms with Crippen LogP contribution in [0.25, 0.3) is 0 Å². The molecule has 1 aromatic heterocycles. The summed E-state index contributed by atoms with van der Waals surface area (Å²) in [6.07, 6.45) is 2.37. The first-order valence-corrected chi connectivity index (χ1v) is 16.4. The highest BCUT2D eigenvalue weighted by atomic mass is 32.2. The van der Waals surface area contributed by atoms with Crippen molar-refractivity contribution in [1.29, 1.82) is 0 Å². The van der Waals surface area contributed by atoms with Crippen molar-refractivity contribution >= 4 is 34.9 Å². The normalized spacial score (nSPS) is 17.1. The van der Waals surface area contributed by atoms with E-state index in [9.17, 15) is 0 Å². The fourth-order valence-electron chi connectivity index (χ4n) is 5.31. The monoisotopic (exact) mass is 562 g/mol. The van der Waals surface area contributed by atoms with Crippen molar-refractivity contribution in [1.82, 2.24) is 19.8 Å². The van der Waals surface area contributed by atoms with Crippen LogP contribution >= 0.6 is 23.5 Å². The van der Waals surface area contributed by atoms with E-state index < -0.39 is 0 Å². The van der Waals surface area contributed by atoms with Crippen molar-refractivity contribution < 1.29 is 0 Å². The van der Waals surface area contributed by atoms with Gasteiger partial charge < -0.3 is 9.80 Å². The summed E-state index contributed by atoms with van der Waals surface area (Å²) in [5.74, 6) is 2.18. The molecule has 0 spiro atoms. The van der Waals surface area contributed by atoms with Crippen molar-refractivity contribution in [3.63, 3.8) is 0 Å². The van der Waals surface area contributed by atoms with Crippen LogP contribution in [-0.2, 0) is 0 Å². The molecule has 3 heterocycles. The largest absolute Gasteiger partial charge is 0.369 e. The smallest absolute Gasteiger partial charge is 0.188 e. The molecule has 8 heteroatoms. The topological polar surface area (TPSA) is 38.7 Å². The maximum atomic E-state index is 4.86. The van der Waals surface area contributed by atoms with Crippen LogP contribution in [0.3, 0.4) is 0 Å². The minimum Gasteiger partial charge on any atom is -0.369 e. The molecule has 0 radical (unpaired) electrons. The molecule has 3 aromatic rings. The summed E-state index contributed by atoms with van der Waals surface area (Å²) >= 11 is 3.69. The molecule has 6 nitrogen and oxygen atoms in total. The van der Waals surface area contributed by atoms with Crippen molar-refractivity contribution in [2.24, 2.45) is 0 Å². The maximum Gasteiger partial charge on any atom is 0.188 e. The van der Waals surface area contributed by atoms with E-state index in [0.29, 0.717) is 0 Å². The molecule has 0 aliphatic carbocycles. The second-order valence-electron chi connectivity index (χ2n) is 10.4. The van der Waals surface area contributed by atoms with Gasteiger partial charge in [0.05, 0.1) is 0 Å². The number of piperazine rings is 2. The summed E-state index contributed by atoms with van der Waals surface area (Å²) in [5, 5.41) is 2.05. The first-order valence-electron chi connectivity index (χ1n) is 14.4. The number of aryl methyl sites for hydroxylation is 1. The van der Waals surface area contributed by atoms with Gasteiger partial charge in [-0.1, -0.05) is 48.2 Å². The van der Waals surface area contributed by atoms with Crippen molar-refractivity contribution in [2.45, 2.75) is 29.9 Å². The highest BCUT2D eigenvalue weighted by Crippen LogP contribution is 2.23. The van der Waals surface area contributed by atoms with Gasteiger partial charge in [0.15, 0.2) is 5.16 Å². The minimum atomic E-state index is 0.934. The molecule has 0 N–H and O–H groups in total. The number of anilines is 2. The van der Waals surface area contributed by atoms with Crippen LogP contribution in [0.15, 0.2) is 76.9 Å². The van der Waals surface area contributed by atoms with Gasteiger partial charge in [0.1, 0.15) is 5.03 Å². The van der Waals surface area contributed by atoms with Gasteiger partial charge in [0, 0.05) is 80.9 Å². The SMILES string of the molecule is Cc1cc(SCCCN2CCN(c3ccccc3)CC2)nc(SCCCN2CCN(c3ccccc3)CC2)n1. The average Bonchev–Trinajstić information content (AvgIpc) is 2.99. The fourth-order valence-corrected chi connectivity index (χ4v) is 7.08. The molecule has 39 heavy (non-hydrogen) atoms. The molecule has 2 aromatic carbocycles. The van der Waals surface area contributed by atoms with Gasteiger partial charge in [0.2, 0.25) is 0 Å². The van der Waals surface area contributed by atoms with Gasteiger partial charge in [-0.3, -0.25) is 9.80 Å². The van der Waals surface area contributed by atoms with Gasteiger partial charge in [-0.05, 0) is 63.2 Å². The van der Waals surface area contributed by atoms with E-state index in [1.807, 2.05) is 23.5 Å². The Morgan fingerprint density at radius 3 is 1.62 bits per heavy atom. The summed E-state index contributed by atoms with van der Waals surface area (Å²) in [7, 11) is 0. The van der Waals surface area contributed by atoms with E-state index in [4.69, 9.17) is 9.97 Å². The molecule has 5 rings (SSSR count). The van der Waals surface area contributed by atoms with Gasteiger partial charge in [0.25, 0.3) is 0 Å². The number of rotatable bonds is 12. The third kappa shape index (κ3) is 8.87. The van der Waals surface area contributed by atoms with Crippen molar-refractivity contribution in [3.8, 4) is 0 Å². The van der Waals surface area contributed by atoms with Gasteiger partial charge in [-0.15, -0.1) is 11.8 Å². The third-order valence-electron chi connectivity index (χ3n) is 7.52. The van der Waals surface area contributed by atoms with Gasteiger partial charge in [-0.25, -0.2) is 9.97 Å². The van der Waals surface area contributed by atoms with Crippen LogP contribution in [0, 0.1) is 6.92 Å². The maximum absolute atomic E-state index is 4.86. The van der Waals surface area contributed by atoms with E-state index in [2.05, 4.69) is 93.3 Å². The van der Waals surface area contributed by atoms with Crippen molar-refractivity contribution in [3.05, 3.63) is 72.4 Å². The first kappa shape index (κ1) is 28.3. The summed E-state index contributed by atoms with van der Waals surface area (Å²) < 4.78 is 0. The Balaban J connectivity index is 0.956. The lowest BCUT2D eigenvalue weighted by molar-refractivity contribution is 0.259. The highest BCUT2D eigenvalue weighted by molar-refractivity contribution is 7.99. The molecule has 0 amide bonds. The molecular formula is C31H42N6S2. The zero-order valence-corrected chi connectivity index (χ0v) is 24.9. The summed E-state index contributed by atoms with van der Waals surface area (Å²) in [6, 6.07) is 23.7. The number of para-hydroxylation sites is 2. The van der Waals surface area contributed by atoms with Crippen LogP contribution in [0.2, 0.25) is 0 Å². The number of benzene rings is 2. The summed E-state index contributed by atoms with van der Waals surface area (Å²) in [6.45, 7) is 13.5. The Kier molecular flexibility index (Phi) is 10.8. The highest BCUT2D eigenvalue weighted by Gasteiger charge is 2.18. The van der Waals surface area contributed by atoms with Crippen LogP contribution in [-0.4, -0.2) is 96.7 Å². The molecule has 2 saturated heterocycles. The lowest BCUT2D eigenvalue weighted by Crippen LogP contribution is -2.46. The molecule has 2 fully saturated rings. The quantitative estimate of drug-likeness (QED) is 0.126. The van der Waals surface area contributed by atoms with E-state index >= 15 is 0 Å². The van der Waals surface area contributed by atoms with Crippen LogP contribution in [0.5, 0.6) is 0 Å². The molecule has 0 saturated carbocycles. The van der Waals surface area contributed by atoms with E-state index in [-0.39, 0.29) is 0 Å². The zero-order chi connectivity index (χ0) is 26.7. The summed E-state index contributed by atoms with van der Waals surface area (Å²) in [5.41, 5.74) is 3.77. The second-order valence-corrected chi connectivity index (χ2v) is 12.5.